The third kappa shape index (κ3) is 2.87. The van der Waals surface area contributed by atoms with Gasteiger partial charge in [-0.15, -0.1) is 0 Å². The summed E-state index contributed by atoms with van der Waals surface area (Å²) in [5, 5.41) is 0. The van der Waals surface area contributed by atoms with Gasteiger partial charge in [0.2, 0.25) is 5.91 Å². The summed E-state index contributed by atoms with van der Waals surface area (Å²) < 4.78 is 1.39. The molecule has 0 fully saturated rings. The third-order valence-electron chi connectivity index (χ3n) is 2.45. The van der Waals surface area contributed by atoms with Crippen LogP contribution in [0.1, 0.15) is 28.0 Å². The summed E-state index contributed by atoms with van der Waals surface area (Å²) in [4.78, 5) is 27.1. The molecule has 2 rings (SSSR count). The summed E-state index contributed by atoms with van der Waals surface area (Å²) in [5.41, 5.74) is 0.644. The van der Waals surface area contributed by atoms with Crippen LogP contribution in [0.3, 0.4) is 0 Å². The van der Waals surface area contributed by atoms with Gasteiger partial charge in [0, 0.05) is 30.8 Å². The van der Waals surface area contributed by atoms with E-state index in [1.807, 2.05) is 18.2 Å². The second-order valence-corrected chi connectivity index (χ2v) is 3.65. The molecule has 0 saturated heterocycles. The van der Waals surface area contributed by atoms with Crippen LogP contribution >= 0.6 is 0 Å². The Morgan fingerprint density at radius 2 is 1.88 bits per heavy atom. The lowest BCUT2D eigenvalue weighted by molar-refractivity contribution is 0.0864. The van der Waals surface area contributed by atoms with Crippen LogP contribution in [-0.2, 0) is 0 Å². The van der Waals surface area contributed by atoms with E-state index in [0.717, 1.165) is 0 Å². The number of Topliss-reactive ketones (excluding diaryl/α,β-unsaturated/α-hetero) is 1. The first-order chi connectivity index (χ1) is 8.27. The second kappa shape index (κ2) is 5.21. The van der Waals surface area contributed by atoms with E-state index >= 15 is 0 Å². The minimum atomic E-state index is -0.119. The van der Waals surface area contributed by atoms with Gasteiger partial charge in [0.25, 0.3) is 0 Å². The minimum absolute atomic E-state index is 0.0148. The summed E-state index contributed by atoms with van der Waals surface area (Å²) in [7, 11) is 0. The molecule has 0 radical (unpaired) electrons. The van der Waals surface area contributed by atoms with Crippen LogP contribution in [0.4, 0.5) is 0 Å². The van der Waals surface area contributed by atoms with Crippen molar-refractivity contribution in [2.24, 2.45) is 0 Å². The first-order valence-electron chi connectivity index (χ1n) is 5.37. The van der Waals surface area contributed by atoms with Crippen molar-refractivity contribution in [3.8, 4) is 0 Å². The van der Waals surface area contributed by atoms with E-state index < -0.39 is 0 Å². The normalized spacial score (nSPS) is 10.1. The zero-order valence-corrected chi connectivity index (χ0v) is 9.24. The largest absolute Gasteiger partial charge is 0.294 e. The highest BCUT2D eigenvalue weighted by Gasteiger charge is 2.09. The Balaban J connectivity index is 1.91. The fourth-order valence-electron chi connectivity index (χ4n) is 1.52. The van der Waals surface area contributed by atoms with Crippen molar-refractivity contribution in [3.05, 3.63) is 54.6 Å². The second-order valence-electron chi connectivity index (χ2n) is 3.65. The van der Waals surface area contributed by atoms with Crippen LogP contribution < -0.4 is 0 Å². The van der Waals surface area contributed by atoms with Gasteiger partial charge in [-0.25, -0.2) is 4.98 Å². The first kappa shape index (κ1) is 11.3. The van der Waals surface area contributed by atoms with E-state index in [1.165, 1.54) is 17.1 Å². The van der Waals surface area contributed by atoms with Gasteiger partial charge in [0.05, 0.1) is 0 Å². The van der Waals surface area contributed by atoms with Crippen molar-refractivity contribution in [3.63, 3.8) is 0 Å². The summed E-state index contributed by atoms with van der Waals surface area (Å²) in [6.45, 7) is 0. The maximum absolute atomic E-state index is 11.7. The Morgan fingerprint density at radius 1 is 1.12 bits per heavy atom. The fraction of sp³-hybridized carbons (Fsp3) is 0.154. The average molecular weight is 228 g/mol. The van der Waals surface area contributed by atoms with Crippen molar-refractivity contribution >= 4 is 11.7 Å². The number of carbonyl (C=O) groups is 2. The number of hydrogen-bond donors (Lipinski definition) is 0. The Bertz CT molecular complexity index is 503. The zero-order valence-electron chi connectivity index (χ0n) is 9.24. The Hall–Kier alpha value is -2.23. The lowest BCUT2D eigenvalue weighted by atomic mass is 10.1. The highest BCUT2D eigenvalue weighted by molar-refractivity contribution is 5.98. The molecule has 0 bridgehead atoms. The first-order valence-corrected chi connectivity index (χ1v) is 5.37. The molecule has 0 aliphatic rings. The molecule has 2 aromatic rings. The average Bonchev–Trinajstić information content (AvgIpc) is 2.90. The molecule has 1 aromatic carbocycles. The predicted octanol–water partition coefficient (Wildman–Crippen LogP) is 2.19. The van der Waals surface area contributed by atoms with Crippen molar-refractivity contribution in [2.75, 3.05) is 0 Å². The molecule has 0 amide bonds. The maximum atomic E-state index is 11.7. The summed E-state index contributed by atoms with van der Waals surface area (Å²) >= 11 is 0. The summed E-state index contributed by atoms with van der Waals surface area (Å²) in [6, 6.07) is 8.98. The molecular formula is C13H12N2O2. The Labute approximate surface area is 98.9 Å². The molecule has 0 aliphatic heterocycles. The third-order valence-corrected chi connectivity index (χ3v) is 2.45. The molecule has 4 heteroatoms. The van der Waals surface area contributed by atoms with Crippen molar-refractivity contribution < 1.29 is 9.59 Å². The lowest BCUT2D eigenvalue weighted by Gasteiger charge is -2.01. The number of hydrogen-bond acceptors (Lipinski definition) is 3. The monoisotopic (exact) mass is 228 g/mol. The number of rotatable bonds is 4. The smallest absolute Gasteiger partial charge is 0.232 e. The molecule has 0 N–H and O–H groups in total. The minimum Gasteiger partial charge on any atom is -0.294 e. The van der Waals surface area contributed by atoms with Crippen LogP contribution in [-0.4, -0.2) is 21.2 Å². The van der Waals surface area contributed by atoms with E-state index in [2.05, 4.69) is 4.98 Å². The van der Waals surface area contributed by atoms with Crippen LogP contribution in [0.2, 0.25) is 0 Å². The van der Waals surface area contributed by atoms with Crippen LogP contribution in [0.15, 0.2) is 49.1 Å². The van der Waals surface area contributed by atoms with E-state index in [0.29, 0.717) is 5.56 Å². The van der Waals surface area contributed by atoms with Gasteiger partial charge in [0.1, 0.15) is 6.33 Å². The highest BCUT2D eigenvalue weighted by atomic mass is 16.2. The number of imidazole rings is 1. The fourth-order valence-corrected chi connectivity index (χ4v) is 1.52. The van der Waals surface area contributed by atoms with E-state index in [-0.39, 0.29) is 24.5 Å². The molecule has 0 saturated carbocycles. The topological polar surface area (TPSA) is 52.0 Å². The van der Waals surface area contributed by atoms with Gasteiger partial charge >= 0.3 is 0 Å². The SMILES string of the molecule is O=C(CCC(=O)n1ccnc1)c1ccccc1. The molecule has 86 valence electrons. The van der Waals surface area contributed by atoms with Gasteiger partial charge in [-0.1, -0.05) is 30.3 Å². The number of carbonyl (C=O) groups excluding carboxylic acids is 2. The van der Waals surface area contributed by atoms with Gasteiger partial charge in [-0.2, -0.15) is 0 Å². The van der Waals surface area contributed by atoms with Gasteiger partial charge in [0.15, 0.2) is 5.78 Å². The lowest BCUT2D eigenvalue weighted by Crippen LogP contribution is -2.10. The van der Waals surface area contributed by atoms with Crippen molar-refractivity contribution in [1.82, 2.24) is 9.55 Å². The number of aromatic nitrogens is 2. The number of benzene rings is 1. The maximum Gasteiger partial charge on any atom is 0.232 e. The van der Waals surface area contributed by atoms with Gasteiger partial charge in [-0.3, -0.25) is 14.2 Å². The van der Waals surface area contributed by atoms with E-state index in [4.69, 9.17) is 0 Å². The van der Waals surface area contributed by atoms with Crippen LogP contribution in [0.5, 0.6) is 0 Å². The standard InChI is InChI=1S/C13H12N2O2/c16-12(11-4-2-1-3-5-11)6-7-13(17)15-9-8-14-10-15/h1-5,8-10H,6-7H2. The molecule has 1 heterocycles. The molecule has 0 spiro atoms. The Kier molecular flexibility index (Phi) is 3.45. The molecule has 0 unspecified atom stereocenters. The van der Waals surface area contributed by atoms with Gasteiger partial charge < -0.3 is 0 Å². The van der Waals surface area contributed by atoms with Crippen molar-refractivity contribution in [2.45, 2.75) is 12.8 Å². The summed E-state index contributed by atoms with van der Waals surface area (Å²) in [6.07, 6.45) is 4.98. The highest BCUT2D eigenvalue weighted by Crippen LogP contribution is 2.06. The van der Waals surface area contributed by atoms with Crippen molar-refractivity contribution in [1.29, 1.82) is 0 Å². The van der Waals surface area contributed by atoms with Gasteiger partial charge in [-0.05, 0) is 0 Å². The molecule has 17 heavy (non-hydrogen) atoms. The number of ketones is 1. The summed E-state index contributed by atoms with van der Waals surface area (Å²) in [5.74, 6) is -0.133. The molecule has 0 atom stereocenters. The van der Waals surface area contributed by atoms with Crippen LogP contribution in [0, 0.1) is 0 Å². The van der Waals surface area contributed by atoms with Crippen LogP contribution in [0.25, 0.3) is 0 Å². The molecule has 1 aromatic heterocycles. The number of nitrogens with zero attached hydrogens (tertiary/aromatic N) is 2. The zero-order chi connectivity index (χ0) is 12.1. The van der Waals surface area contributed by atoms with E-state index in [9.17, 15) is 9.59 Å². The predicted molar refractivity (Wildman–Crippen MR) is 62.9 cm³/mol. The quantitative estimate of drug-likeness (QED) is 0.754. The molecule has 0 aliphatic carbocycles. The molecular weight excluding hydrogens is 216 g/mol. The Morgan fingerprint density at radius 3 is 2.53 bits per heavy atom. The molecule has 4 nitrogen and oxygen atoms in total. The van der Waals surface area contributed by atoms with E-state index in [1.54, 1.807) is 18.3 Å².